The first kappa shape index (κ1) is 18.3. The Labute approximate surface area is 146 Å². The second kappa shape index (κ2) is 9.97. The topological polar surface area (TPSA) is 12.4 Å². The van der Waals surface area contributed by atoms with E-state index >= 15 is 0 Å². The van der Waals surface area contributed by atoms with E-state index in [-0.39, 0.29) is 0 Å². The van der Waals surface area contributed by atoms with E-state index in [4.69, 9.17) is 0 Å². The van der Waals surface area contributed by atoms with Crippen LogP contribution < -0.4 is 0 Å². The van der Waals surface area contributed by atoms with Crippen LogP contribution in [0.2, 0.25) is 0 Å². The standard InChI is InChI=1S/C21H31NS/c1-4-21(23-17(2)22-3)16-14-18-9-8-12-20(15-13-18)19-10-6-5-7-11-19/h4-7,10-11,18,20H,8-9,12-16H2,1-3H3. The van der Waals surface area contributed by atoms with E-state index in [1.54, 1.807) is 5.56 Å². The molecule has 2 unspecified atom stereocenters. The maximum atomic E-state index is 4.27. The molecule has 0 aliphatic heterocycles. The fourth-order valence-electron chi connectivity index (χ4n) is 3.56. The van der Waals surface area contributed by atoms with Crippen molar-refractivity contribution in [2.45, 2.75) is 64.7 Å². The van der Waals surface area contributed by atoms with E-state index in [0.717, 1.165) is 11.8 Å². The molecule has 0 radical (unpaired) electrons. The van der Waals surface area contributed by atoms with E-state index in [1.165, 1.54) is 54.9 Å². The minimum absolute atomic E-state index is 0.784. The van der Waals surface area contributed by atoms with E-state index in [0.29, 0.717) is 0 Å². The summed E-state index contributed by atoms with van der Waals surface area (Å²) in [7, 11) is 1.88. The molecule has 1 fully saturated rings. The number of benzene rings is 1. The molecule has 1 aromatic carbocycles. The molecule has 1 aromatic rings. The van der Waals surface area contributed by atoms with Crippen molar-refractivity contribution >= 4 is 16.8 Å². The average molecular weight is 330 g/mol. The summed E-state index contributed by atoms with van der Waals surface area (Å²) in [6.07, 6.45) is 11.7. The molecule has 1 saturated carbocycles. The van der Waals surface area contributed by atoms with E-state index in [9.17, 15) is 0 Å². The first-order valence-corrected chi connectivity index (χ1v) is 9.86. The van der Waals surface area contributed by atoms with Crippen molar-refractivity contribution in [3.8, 4) is 0 Å². The summed E-state index contributed by atoms with van der Waals surface area (Å²) in [5.41, 5.74) is 1.55. The Kier molecular flexibility index (Phi) is 7.94. The Bertz CT molecular complexity index is 518. The van der Waals surface area contributed by atoms with Gasteiger partial charge in [-0.05, 0) is 68.3 Å². The van der Waals surface area contributed by atoms with Crippen LogP contribution in [0.5, 0.6) is 0 Å². The van der Waals surface area contributed by atoms with Crippen molar-refractivity contribution in [3.05, 3.63) is 46.9 Å². The summed E-state index contributed by atoms with van der Waals surface area (Å²) in [5, 5.41) is 1.17. The van der Waals surface area contributed by atoms with Gasteiger partial charge in [-0.3, -0.25) is 4.99 Å². The van der Waals surface area contributed by atoms with Crippen molar-refractivity contribution < 1.29 is 0 Å². The number of hydrogen-bond donors (Lipinski definition) is 0. The molecule has 23 heavy (non-hydrogen) atoms. The lowest BCUT2D eigenvalue weighted by atomic mass is 9.90. The first-order valence-electron chi connectivity index (χ1n) is 9.04. The van der Waals surface area contributed by atoms with Gasteiger partial charge in [0.25, 0.3) is 0 Å². The van der Waals surface area contributed by atoms with Gasteiger partial charge in [0.05, 0.1) is 5.04 Å². The fraction of sp³-hybridized carbons (Fsp3) is 0.571. The Morgan fingerprint density at radius 2 is 1.96 bits per heavy atom. The van der Waals surface area contributed by atoms with E-state index < -0.39 is 0 Å². The summed E-state index contributed by atoms with van der Waals surface area (Å²) in [6.45, 7) is 4.26. The Morgan fingerprint density at radius 1 is 1.17 bits per heavy atom. The van der Waals surface area contributed by atoms with Crippen LogP contribution in [-0.2, 0) is 0 Å². The molecule has 0 heterocycles. The van der Waals surface area contributed by atoms with Gasteiger partial charge in [0.15, 0.2) is 0 Å². The van der Waals surface area contributed by atoms with Crippen molar-refractivity contribution in [2.24, 2.45) is 10.9 Å². The first-order chi connectivity index (χ1) is 11.2. The predicted molar refractivity (Wildman–Crippen MR) is 105 cm³/mol. The molecular weight excluding hydrogens is 298 g/mol. The SMILES string of the molecule is CC=C(CCC1CCCC(c2ccccc2)CC1)SC(C)=NC. The number of rotatable bonds is 5. The summed E-state index contributed by atoms with van der Waals surface area (Å²) < 4.78 is 0. The monoisotopic (exact) mass is 329 g/mol. The largest absolute Gasteiger partial charge is 0.286 e. The third-order valence-electron chi connectivity index (χ3n) is 5.07. The molecule has 0 aromatic heterocycles. The molecule has 2 rings (SSSR count). The van der Waals surface area contributed by atoms with Gasteiger partial charge in [-0.15, -0.1) is 0 Å². The molecule has 126 valence electrons. The molecule has 2 atom stereocenters. The molecule has 0 spiro atoms. The van der Waals surface area contributed by atoms with Crippen molar-refractivity contribution in [3.63, 3.8) is 0 Å². The zero-order chi connectivity index (χ0) is 16.5. The highest BCUT2D eigenvalue weighted by atomic mass is 32.2. The van der Waals surface area contributed by atoms with Crippen LogP contribution in [0.4, 0.5) is 0 Å². The zero-order valence-corrected chi connectivity index (χ0v) is 15.7. The van der Waals surface area contributed by atoms with Crippen LogP contribution >= 0.6 is 11.8 Å². The summed E-state index contributed by atoms with van der Waals surface area (Å²) in [5.74, 6) is 1.68. The van der Waals surface area contributed by atoms with Crippen LogP contribution in [0.3, 0.4) is 0 Å². The van der Waals surface area contributed by atoms with Gasteiger partial charge in [0.1, 0.15) is 0 Å². The number of aliphatic imine (C=N–C) groups is 1. The molecule has 2 heteroatoms. The summed E-state index contributed by atoms with van der Waals surface area (Å²) in [6, 6.07) is 11.1. The lowest BCUT2D eigenvalue weighted by Gasteiger charge is -2.16. The second-order valence-corrected chi connectivity index (χ2v) is 7.94. The molecule has 1 aliphatic carbocycles. The van der Waals surface area contributed by atoms with Crippen LogP contribution in [0.1, 0.15) is 70.3 Å². The lowest BCUT2D eigenvalue weighted by Crippen LogP contribution is -2.01. The highest BCUT2D eigenvalue weighted by molar-refractivity contribution is 8.17. The third kappa shape index (κ3) is 6.18. The van der Waals surface area contributed by atoms with Crippen molar-refractivity contribution in [1.82, 2.24) is 0 Å². The minimum Gasteiger partial charge on any atom is -0.286 e. The molecule has 0 amide bonds. The number of nitrogens with zero attached hydrogens (tertiary/aromatic N) is 1. The Hall–Kier alpha value is -1.02. The number of allylic oxidation sites excluding steroid dienone is 2. The third-order valence-corrected chi connectivity index (χ3v) is 6.25. The van der Waals surface area contributed by atoms with Crippen LogP contribution in [0.15, 0.2) is 46.3 Å². The molecule has 0 bridgehead atoms. The lowest BCUT2D eigenvalue weighted by molar-refractivity contribution is 0.428. The number of thioether (sulfide) groups is 1. The van der Waals surface area contributed by atoms with Gasteiger partial charge in [-0.2, -0.15) is 0 Å². The van der Waals surface area contributed by atoms with Gasteiger partial charge in [0, 0.05) is 7.05 Å². The average Bonchev–Trinajstić information content (AvgIpc) is 2.84. The highest BCUT2D eigenvalue weighted by Crippen LogP contribution is 2.36. The van der Waals surface area contributed by atoms with Crippen LogP contribution in [-0.4, -0.2) is 12.1 Å². The Morgan fingerprint density at radius 3 is 2.65 bits per heavy atom. The fourth-order valence-corrected chi connectivity index (χ4v) is 4.37. The van der Waals surface area contributed by atoms with Gasteiger partial charge in [0.2, 0.25) is 0 Å². The predicted octanol–water partition coefficient (Wildman–Crippen LogP) is 6.82. The van der Waals surface area contributed by atoms with Gasteiger partial charge < -0.3 is 0 Å². The van der Waals surface area contributed by atoms with E-state index in [1.807, 2.05) is 18.8 Å². The quantitative estimate of drug-likeness (QED) is 0.328. The molecule has 1 aliphatic rings. The van der Waals surface area contributed by atoms with Gasteiger partial charge in [-0.25, -0.2) is 0 Å². The van der Waals surface area contributed by atoms with Crippen LogP contribution in [0, 0.1) is 5.92 Å². The molecule has 0 N–H and O–H groups in total. The molecular formula is C21H31NS. The maximum absolute atomic E-state index is 4.27. The van der Waals surface area contributed by atoms with Crippen LogP contribution in [0.25, 0.3) is 0 Å². The molecule has 0 saturated heterocycles. The zero-order valence-electron chi connectivity index (χ0n) is 14.9. The Balaban J connectivity index is 1.82. The maximum Gasteiger partial charge on any atom is 0.0685 e. The smallest absolute Gasteiger partial charge is 0.0685 e. The summed E-state index contributed by atoms with van der Waals surface area (Å²) >= 11 is 1.85. The van der Waals surface area contributed by atoms with E-state index in [2.05, 4.69) is 55.2 Å². The highest BCUT2D eigenvalue weighted by Gasteiger charge is 2.20. The number of hydrogen-bond acceptors (Lipinski definition) is 2. The minimum atomic E-state index is 0.784. The van der Waals surface area contributed by atoms with Gasteiger partial charge >= 0.3 is 0 Å². The van der Waals surface area contributed by atoms with Crippen molar-refractivity contribution in [2.75, 3.05) is 7.05 Å². The van der Waals surface area contributed by atoms with Crippen molar-refractivity contribution in [1.29, 1.82) is 0 Å². The normalized spacial score (nSPS) is 23.6. The second-order valence-electron chi connectivity index (χ2n) is 6.62. The summed E-state index contributed by atoms with van der Waals surface area (Å²) in [4.78, 5) is 5.75. The molecule has 1 nitrogen and oxygen atoms in total. The van der Waals surface area contributed by atoms with Gasteiger partial charge in [-0.1, -0.05) is 61.0 Å².